The lowest BCUT2D eigenvalue weighted by molar-refractivity contribution is -0.132. The molecule has 0 unspecified atom stereocenters. The van der Waals surface area contributed by atoms with Crippen LogP contribution in [0.4, 0.5) is 60.7 Å². The number of amides is 2. The van der Waals surface area contributed by atoms with Crippen molar-refractivity contribution in [3.05, 3.63) is 131 Å². The van der Waals surface area contributed by atoms with Crippen LogP contribution in [0.15, 0.2) is 97.3 Å². The van der Waals surface area contributed by atoms with Crippen molar-refractivity contribution in [3.63, 3.8) is 0 Å². The van der Waals surface area contributed by atoms with E-state index in [1.54, 1.807) is 84.0 Å². The fraction of sp³-hybridized carbons (Fsp3) is 0.309. The largest absolute Gasteiger partial charge is 0.508 e. The topological polar surface area (TPSA) is 196 Å². The summed E-state index contributed by atoms with van der Waals surface area (Å²) >= 11 is 0. The molecule has 4 heterocycles. The zero-order chi connectivity index (χ0) is 54.8. The Morgan fingerprint density at radius 3 is 1.47 bits per heavy atom. The highest BCUT2D eigenvalue weighted by Crippen LogP contribution is 2.34. The molecule has 2 aliphatic carbocycles. The number of aromatic hydroxyl groups is 1. The second-order valence-corrected chi connectivity index (χ2v) is 19.1. The van der Waals surface area contributed by atoms with E-state index < -0.39 is 25.2 Å². The number of aryl methyl sites for hydroxylation is 2. The zero-order valence-electron chi connectivity index (χ0n) is 42.7. The molecule has 7 N–H and O–H groups in total. The summed E-state index contributed by atoms with van der Waals surface area (Å²) in [5.41, 5.74) is 9.81. The number of halogens is 6. The Morgan fingerprint density at radius 1 is 0.610 bits per heavy atom. The molecule has 0 aliphatic heterocycles. The van der Waals surface area contributed by atoms with Crippen LogP contribution >= 0.6 is 0 Å². The molecule has 0 spiro atoms. The van der Waals surface area contributed by atoms with E-state index in [2.05, 4.69) is 47.0 Å². The van der Waals surface area contributed by atoms with Crippen LogP contribution in [-0.4, -0.2) is 90.8 Å². The number of ether oxygens (including phenoxy) is 1. The highest BCUT2D eigenvalue weighted by molar-refractivity contribution is 5.97. The number of methoxy groups -OCH3 is 1. The van der Waals surface area contributed by atoms with Crippen LogP contribution in [0, 0.1) is 27.7 Å². The van der Waals surface area contributed by atoms with Gasteiger partial charge in [0.1, 0.15) is 11.5 Å². The summed E-state index contributed by atoms with van der Waals surface area (Å²) in [4.78, 5) is 34.0. The molecule has 4 aromatic carbocycles. The summed E-state index contributed by atoms with van der Waals surface area (Å²) in [6, 6.07) is 25.2. The van der Waals surface area contributed by atoms with Crippen LogP contribution in [-0.2, 0) is 0 Å². The Hall–Kier alpha value is -8.56. The third kappa shape index (κ3) is 12.9. The van der Waals surface area contributed by atoms with Gasteiger partial charge in [0.05, 0.1) is 55.1 Å². The summed E-state index contributed by atoms with van der Waals surface area (Å²) in [5.74, 6) is 1.33. The number of hydrogen-bond donors (Lipinski definition) is 7. The van der Waals surface area contributed by atoms with Crippen molar-refractivity contribution < 1.29 is 45.8 Å². The van der Waals surface area contributed by atoms with Gasteiger partial charge in [-0.1, -0.05) is 24.3 Å². The quantitative estimate of drug-likeness (QED) is 0.0427. The van der Waals surface area contributed by atoms with Gasteiger partial charge in [-0.3, -0.25) is 9.59 Å². The number of carbonyl (C=O) groups is 2. The Labute approximate surface area is 438 Å². The van der Waals surface area contributed by atoms with Gasteiger partial charge in [0, 0.05) is 82.1 Å². The summed E-state index contributed by atoms with van der Waals surface area (Å²) < 4.78 is 85.5. The Kier molecular flexibility index (Phi) is 15.2. The van der Waals surface area contributed by atoms with Crippen molar-refractivity contribution in [1.82, 2.24) is 39.8 Å². The molecule has 0 bridgehead atoms. The molecular formula is C55H56F6N12O4. The number of benzene rings is 4. The molecule has 0 radical (unpaired) electrons. The fourth-order valence-corrected chi connectivity index (χ4v) is 8.53. The number of phenols is 1. The normalized spacial score (nSPS) is 13.4. The van der Waals surface area contributed by atoms with Crippen molar-refractivity contribution in [2.75, 3.05) is 41.5 Å². The zero-order valence-corrected chi connectivity index (χ0v) is 42.7. The van der Waals surface area contributed by atoms with E-state index in [0.717, 1.165) is 59.2 Å². The lowest BCUT2D eigenvalue weighted by Gasteiger charge is -2.15. The Morgan fingerprint density at radius 2 is 1.05 bits per heavy atom. The Bertz CT molecular complexity index is 3490. The van der Waals surface area contributed by atoms with E-state index in [1.807, 2.05) is 57.2 Å². The van der Waals surface area contributed by atoms with Gasteiger partial charge in [-0.25, -0.2) is 19.0 Å². The van der Waals surface area contributed by atoms with Gasteiger partial charge in [0.25, 0.3) is 11.8 Å². The number of hydrogen-bond acceptors (Lipinski definition) is 12. The first-order valence-corrected chi connectivity index (χ1v) is 24.9. The highest BCUT2D eigenvalue weighted by Gasteiger charge is 2.29. The maximum Gasteiger partial charge on any atom is 0.390 e. The van der Waals surface area contributed by atoms with Gasteiger partial charge in [-0.05, 0) is 113 Å². The lowest BCUT2D eigenvalue weighted by Crippen LogP contribution is -2.26. The van der Waals surface area contributed by atoms with E-state index in [4.69, 9.17) is 9.84 Å². The molecular weight excluding hydrogens is 1010 g/mol. The molecule has 0 saturated heterocycles. The van der Waals surface area contributed by atoms with Crippen molar-refractivity contribution >= 4 is 57.5 Å². The summed E-state index contributed by atoms with van der Waals surface area (Å²) in [6.07, 6.45) is -3.38. The monoisotopic (exact) mass is 1060 g/mol. The lowest BCUT2D eigenvalue weighted by atomic mass is 10.0. The number of rotatable bonds is 17. The molecule has 10 rings (SSSR count). The first-order valence-electron chi connectivity index (χ1n) is 24.9. The number of fused-ring (bicyclic) bond motifs is 2. The minimum absolute atomic E-state index is 0.101. The van der Waals surface area contributed by atoms with Crippen LogP contribution in [0.5, 0.6) is 11.5 Å². The first-order chi connectivity index (χ1) is 36.7. The van der Waals surface area contributed by atoms with Gasteiger partial charge in [-0.2, -0.15) is 26.3 Å². The molecule has 2 aliphatic rings. The number of carbonyl (C=O) groups excluding carboxylic acids is 2. The highest BCUT2D eigenvalue weighted by atomic mass is 19.4. The van der Waals surface area contributed by atoms with Crippen molar-refractivity contribution in [3.8, 4) is 34.0 Å². The minimum atomic E-state index is -4.30. The predicted octanol–water partition coefficient (Wildman–Crippen LogP) is 11.7. The SMILES string of the molecule is COc1cccc(Nc2cc(NCCC(F)(F)F)c3ncc(-c4ccc(C(=O)NC5CC5)c(C)c4)n3n2)c1C.Cc1cc(-c2cnc3c(NCCC(F)(F)F)cc(Nc4cccc(O)c4C)nn23)ccc1C(=O)NC1CC1. The van der Waals surface area contributed by atoms with Crippen molar-refractivity contribution in [2.24, 2.45) is 0 Å². The van der Waals surface area contributed by atoms with E-state index in [-0.39, 0.29) is 42.7 Å². The number of phenolic OH excluding ortho intramolecular Hbond substituents is 1. The van der Waals surface area contributed by atoms with Crippen LogP contribution in [0.2, 0.25) is 0 Å². The van der Waals surface area contributed by atoms with Gasteiger partial charge >= 0.3 is 12.4 Å². The van der Waals surface area contributed by atoms with E-state index in [0.29, 0.717) is 73.8 Å². The third-order valence-corrected chi connectivity index (χ3v) is 13.1. The molecule has 16 nitrogen and oxygen atoms in total. The number of anilines is 6. The summed E-state index contributed by atoms with van der Waals surface area (Å²) in [6.45, 7) is 6.71. The van der Waals surface area contributed by atoms with E-state index in [9.17, 15) is 41.0 Å². The third-order valence-electron chi connectivity index (χ3n) is 13.1. The number of alkyl halides is 6. The molecule has 22 heteroatoms. The van der Waals surface area contributed by atoms with Crippen molar-refractivity contribution in [2.45, 2.75) is 90.7 Å². The first kappa shape index (κ1) is 53.3. The maximum atomic E-state index is 12.9. The maximum absolute atomic E-state index is 12.9. The minimum Gasteiger partial charge on any atom is -0.508 e. The van der Waals surface area contributed by atoms with Crippen LogP contribution in [0.3, 0.4) is 0 Å². The van der Waals surface area contributed by atoms with E-state index in [1.165, 1.54) is 0 Å². The molecule has 402 valence electrons. The van der Waals surface area contributed by atoms with Gasteiger partial charge in [-0.15, -0.1) is 10.2 Å². The van der Waals surface area contributed by atoms with Crippen LogP contribution in [0.25, 0.3) is 33.8 Å². The number of aromatic nitrogens is 6. The van der Waals surface area contributed by atoms with Gasteiger partial charge in [0.15, 0.2) is 22.9 Å². The number of nitrogens with zero attached hydrogens (tertiary/aromatic N) is 6. The number of nitrogens with one attached hydrogen (secondary N) is 6. The van der Waals surface area contributed by atoms with E-state index >= 15 is 0 Å². The summed E-state index contributed by atoms with van der Waals surface area (Å²) in [7, 11) is 1.58. The molecule has 8 aromatic rings. The molecule has 2 saturated carbocycles. The average Bonchev–Trinajstić information content (AvgIpc) is 4.31. The van der Waals surface area contributed by atoms with Crippen LogP contribution < -0.4 is 36.6 Å². The fourth-order valence-electron chi connectivity index (χ4n) is 8.53. The molecule has 77 heavy (non-hydrogen) atoms. The molecule has 0 atom stereocenters. The van der Waals surface area contributed by atoms with Crippen molar-refractivity contribution in [1.29, 1.82) is 0 Å². The second kappa shape index (κ2) is 22.0. The molecule has 4 aromatic heterocycles. The van der Waals surface area contributed by atoms with Gasteiger partial charge in [0.2, 0.25) is 0 Å². The van der Waals surface area contributed by atoms with Crippen LogP contribution in [0.1, 0.15) is 81.5 Å². The number of imidazole rings is 2. The summed E-state index contributed by atoms with van der Waals surface area (Å²) in [5, 5.41) is 37.5. The van der Waals surface area contributed by atoms with Gasteiger partial charge < -0.3 is 41.7 Å². The standard InChI is InChI=1S/C28H29F3N6O2.C27H27F3N6O2/c1-16-13-18(7-10-20(16)27(38)34-19-8-9-19)23-15-33-26-22(32-12-11-28(29,30)31)14-25(36-37(23)26)35-21-5-4-6-24(39-3)17(21)2;1-15-12-17(6-9-19(15)26(38)33-18-7-8-18)22-14-32-25-21(31-11-10-27(28,29)30)13-24(35-36(22)25)34-20-4-3-5-23(37)16(20)2/h4-7,10,13-15,19,32H,8-9,11-12H2,1-3H3,(H,34,38)(H,35,36);3-6,9,12-14,18,31,37H,7-8,10-11H2,1-2H3,(H,33,38)(H,34,35). The molecule has 2 fully saturated rings. The Balaban J connectivity index is 0.000000188. The average molecular weight is 1060 g/mol. The molecule has 2 amide bonds. The predicted molar refractivity (Wildman–Crippen MR) is 283 cm³/mol. The second-order valence-electron chi connectivity index (χ2n) is 19.1. The smallest absolute Gasteiger partial charge is 0.390 e.